The zero-order valence-corrected chi connectivity index (χ0v) is 19.7. The highest BCUT2D eigenvalue weighted by molar-refractivity contribution is 5.88. The van der Waals surface area contributed by atoms with Crippen LogP contribution in [0, 0.1) is 12.3 Å². The van der Waals surface area contributed by atoms with Crippen LogP contribution >= 0.6 is 0 Å². The lowest BCUT2D eigenvalue weighted by atomic mass is 9.68. The van der Waals surface area contributed by atoms with Crippen LogP contribution in [0.3, 0.4) is 0 Å². The van der Waals surface area contributed by atoms with Gasteiger partial charge in [-0.05, 0) is 73.7 Å². The van der Waals surface area contributed by atoms with E-state index in [1.54, 1.807) is 19.2 Å². The molecule has 0 saturated carbocycles. The number of aryl methyl sites for hydroxylation is 1. The van der Waals surface area contributed by atoms with E-state index in [0.29, 0.717) is 11.0 Å². The lowest BCUT2D eigenvalue weighted by Crippen LogP contribution is -2.60. The van der Waals surface area contributed by atoms with E-state index in [9.17, 15) is 9.90 Å². The summed E-state index contributed by atoms with van der Waals surface area (Å²) in [5.74, 6) is 0.0519. The van der Waals surface area contributed by atoms with E-state index < -0.39 is 5.97 Å². The van der Waals surface area contributed by atoms with Crippen LogP contribution in [0.1, 0.15) is 52.9 Å². The monoisotopic (exact) mass is 447 g/mol. The number of benzene rings is 2. The third-order valence-electron chi connectivity index (χ3n) is 7.80. The molecule has 6 nitrogen and oxygen atoms in total. The van der Waals surface area contributed by atoms with Crippen molar-refractivity contribution in [3.63, 3.8) is 0 Å². The molecule has 1 spiro atoms. The molecule has 5 rings (SSSR count). The fraction of sp³-hybridized carbons (Fsp3) is 0.444. The van der Waals surface area contributed by atoms with Crippen LogP contribution in [0.25, 0.3) is 10.9 Å². The van der Waals surface area contributed by atoms with Gasteiger partial charge in [-0.25, -0.2) is 4.79 Å². The van der Waals surface area contributed by atoms with Crippen LogP contribution in [-0.4, -0.2) is 59.1 Å². The molecule has 0 radical (unpaired) electrons. The average molecular weight is 448 g/mol. The number of carboxylic acids is 1. The fourth-order valence-electron chi connectivity index (χ4n) is 5.94. The molecule has 2 N–H and O–H groups in total. The number of aromatic carboxylic acids is 1. The zero-order valence-electron chi connectivity index (χ0n) is 19.7. The van der Waals surface area contributed by atoms with Gasteiger partial charge in [-0.3, -0.25) is 4.90 Å². The van der Waals surface area contributed by atoms with Gasteiger partial charge in [-0.2, -0.15) is 0 Å². The molecule has 174 valence electrons. The molecule has 2 aromatic carbocycles. The molecular formula is C27H33N3O3. The molecule has 2 saturated heterocycles. The number of carbonyl (C=O) groups is 1. The standard InChI is InChI=1S/C27H33N3O3/c1-4-29-16-27(17-29)10-12-30(23(14-27)19-5-7-20(8-6-19)26(31)32)15-22-21-9-11-28-25(21)18(2)13-24(22)33-3/h5-9,11,13,23,28H,4,10,12,14-17H2,1-3H3,(H,31,32). The quantitative estimate of drug-likeness (QED) is 0.566. The van der Waals surface area contributed by atoms with E-state index in [1.807, 2.05) is 18.3 Å². The highest BCUT2D eigenvalue weighted by atomic mass is 16.5. The largest absolute Gasteiger partial charge is 0.496 e. The van der Waals surface area contributed by atoms with Gasteiger partial charge in [0.2, 0.25) is 0 Å². The van der Waals surface area contributed by atoms with Gasteiger partial charge in [0.05, 0.1) is 12.7 Å². The van der Waals surface area contributed by atoms with E-state index in [1.165, 1.54) is 34.0 Å². The van der Waals surface area contributed by atoms with Crippen molar-refractivity contribution in [2.45, 2.75) is 39.3 Å². The molecule has 1 unspecified atom stereocenters. The molecular weight excluding hydrogens is 414 g/mol. The first-order valence-corrected chi connectivity index (χ1v) is 11.9. The van der Waals surface area contributed by atoms with Gasteiger partial charge in [-0.1, -0.05) is 19.1 Å². The zero-order chi connectivity index (χ0) is 23.2. The van der Waals surface area contributed by atoms with Gasteiger partial charge < -0.3 is 19.7 Å². The van der Waals surface area contributed by atoms with Gasteiger partial charge in [0.1, 0.15) is 5.75 Å². The molecule has 0 bridgehead atoms. The summed E-state index contributed by atoms with van der Waals surface area (Å²) >= 11 is 0. The first-order valence-electron chi connectivity index (χ1n) is 11.9. The Morgan fingerprint density at radius 1 is 1.24 bits per heavy atom. The molecule has 1 atom stereocenters. The molecule has 0 aliphatic carbocycles. The minimum atomic E-state index is -0.879. The normalized spacial score (nSPS) is 20.8. The van der Waals surface area contributed by atoms with E-state index in [2.05, 4.69) is 40.8 Å². The minimum Gasteiger partial charge on any atom is -0.496 e. The van der Waals surface area contributed by atoms with Crippen LogP contribution < -0.4 is 4.74 Å². The number of aromatic nitrogens is 1. The first-order chi connectivity index (χ1) is 15.9. The Bertz CT molecular complexity index is 1160. The summed E-state index contributed by atoms with van der Waals surface area (Å²) < 4.78 is 5.82. The summed E-state index contributed by atoms with van der Waals surface area (Å²) in [6.07, 6.45) is 4.29. The molecule has 1 aromatic heterocycles. The predicted octanol–water partition coefficient (Wildman–Crippen LogP) is 4.84. The number of ether oxygens (including phenoxy) is 1. The first kappa shape index (κ1) is 22.0. The van der Waals surface area contributed by atoms with Gasteiger partial charge >= 0.3 is 5.97 Å². The van der Waals surface area contributed by atoms with Gasteiger partial charge in [0, 0.05) is 48.3 Å². The second-order valence-corrected chi connectivity index (χ2v) is 9.81. The molecule has 33 heavy (non-hydrogen) atoms. The van der Waals surface area contributed by atoms with Gasteiger partial charge in [-0.15, -0.1) is 0 Å². The number of likely N-dealkylation sites (tertiary alicyclic amines) is 2. The highest BCUT2D eigenvalue weighted by Crippen LogP contribution is 2.48. The number of nitrogens with zero attached hydrogens (tertiary/aromatic N) is 2. The number of carboxylic acid groups (broad SMARTS) is 1. The topological polar surface area (TPSA) is 68.8 Å². The molecule has 2 aliphatic rings. The number of H-pyrrole nitrogens is 1. The number of rotatable bonds is 6. The summed E-state index contributed by atoms with van der Waals surface area (Å²) in [6, 6.07) is 12.0. The van der Waals surface area contributed by atoms with Gasteiger partial charge in [0.15, 0.2) is 0 Å². The Balaban J connectivity index is 1.49. The average Bonchev–Trinajstić information content (AvgIpc) is 3.30. The molecule has 0 amide bonds. The molecule has 3 heterocycles. The van der Waals surface area contributed by atoms with Crippen molar-refractivity contribution in [3.05, 3.63) is 64.8 Å². The van der Waals surface area contributed by atoms with Crippen molar-refractivity contribution in [1.82, 2.24) is 14.8 Å². The summed E-state index contributed by atoms with van der Waals surface area (Å²) in [5, 5.41) is 10.6. The summed E-state index contributed by atoms with van der Waals surface area (Å²) in [5.41, 5.74) is 5.47. The maximum Gasteiger partial charge on any atom is 0.335 e. The number of fused-ring (bicyclic) bond motifs is 1. The van der Waals surface area contributed by atoms with Crippen LogP contribution in [0.15, 0.2) is 42.6 Å². The number of nitrogens with one attached hydrogen (secondary N) is 1. The number of methoxy groups -OCH3 is 1. The Morgan fingerprint density at radius 2 is 2.00 bits per heavy atom. The van der Waals surface area contributed by atoms with Crippen molar-refractivity contribution >= 4 is 16.9 Å². The van der Waals surface area contributed by atoms with Crippen LogP contribution in [0.4, 0.5) is 0 Å². The van der Waals surface area contributed by atoms with Crippen molar-refractivity contribution < 1.29 is 14.6 Å². The van der Waals surface area contributed by atoms with E-state index in [0.717, 1.165) is 44.9 Å². The van der Waals surface area contributed by atoms with Crippen LogP contribution in [0.2, 0.25) is 0 Å². The van der Waals surface area contributed by atoms with Crippen molar-refractivity contribution in [1.29, 1.82) is 0 Å². The third kappa shape index (κ3) is 3.91. The Hall–Kier alpha value is -2.83. The number of piperidine rings is 1. The maximum absolute atomic E-state index is 11.4. The van der Waals surface area contributed by atoms with Crippen molar-refractivity contribution in [3.8, 4) is 5.75 Å². The molecule has 3 aromatic rings. The smallest absolute Gasteiger partial charge is 0.335 e. The summed E-state index contributed by atoms with van der Waals surface area (Å²) in [4.78, 5) is 19.9. The van der Waals surface area contributed by atoms with Crippen molar-refractivity contribution in [2.75, 3.05) is 33.3 Å². The van der Waals surface area contributed by atoms with E-state index >= 15 is 0 Å². The van der Waals surface area contributed by atoms with Crippen molar-refractivity contribution in [2.24, 2.45) is 5.41 Å². The molecule has 6 heteroatoms. The second-order valence-electron chi connectivity index (χ2n) is 9.81. The Morgan fingerprint density at radius 3 is 2.67 bits per heavy atom. The molecule has 2 aliphatic heterocycles. The second kappa shape index (κ2) is 8.50. The lowest BCUT2D eigenvalue weighted by molar-refractivity contribution is -0.0680. The Labute approximate surface area is 195 Å². The van der Waals surface area contributed by atoms with E-state index in [-0.39, 0.29) is 6.04 Å². The van der Waals surface area contributed by atoms with Gasteiger partial charge in [0.25, 0.3) is 0 Å². The SMILES string of the molecule is CCN1CC2(CCN(Cc3c(OC)cc(C)c4[nH]ccc34)C(c3ccc(C(=O)O)cc3)C2)C1. The van der Waals surface area contributed by atoms with Crippen LogP contribution in [-0.2, 0) is 6.54 Å². The predicted molar refractivity (Wildman–Crippen MR) is 130 cm³/mol. The maximum atomic E-state index is 11.4. The Kier molecular flexibility index (Phi) is 5.67. The third-order valence-corrected chi connectivity index (χ3v) is 7.80. The number of hydrogen-bond donors (Lipinski definition) is 2. The number of hydrogen-bond acceptors (Lipinski definition) is 4. The minimum absolute atomic E-state index is 0.251. The summed E-state index contributed by atoms with van der Waals surface area (Å²) in [6.45, 7) is 9.60. The highest BCUT2D eigenvalue weighted by Gasteiger charge is 2.47. The van der Waals surface area contributed by atoms with Crippen LogP contribution in [0.5, 0.6) is 5.75 Å². The summed E-state index contributed by atoms with van der Waals surface area (Å²) in [7, 11) is 1.75. The molecule has 2 fully saturated rings. The lowest BCUT2D eigenvalue weighted by Gasteiger charge is -2.56. The fourth-order valence-corrected chi connectivity index (χ4v) is 5.94. The number of aromatic amines is 1. The van der Waals surface area contributed by atoms with E-state index in [4.69, 9.17) is 4.74 Å².